The number of hydrogen-bond acceptors (Lipinski definition) is 6. The van der Waals surface area contributed by atoms with E-state index >= 15 is 0 Å². The van der Waals surface area contributed by atoms with Crippen LogP contribution in [0, 0.1) is 0 Å². The first-order valence-electron chi connectivity index (χ1n) is 5.55. The Balaban J connectivity index is 2.88. The van der Waals surface area contributed by atoms with Gasteiger partial charge in [0.05, 0.1) is 26.5 Å². The van der Waals surface area contributed by atoms with Crippen molar-refractivity contribution in [2.75, 3.05) is 14.2 Å². The van der Waals surface area contributed by atoms with Crippen molar-refractivity contribution in [3.8, 4) is 5.75 Å². The molecule has 0 spiro atoms. The second kappa shape index (κ2) is 7.05. The van der Waals surface area contributed by atoms with Gasteiger partial charge in [-0.3, -0.25) is 4.99 Å². The van der Waals surface area contributed by atoms with Crippen LogP contribution in [0.5, 0.6) is 5.75 Å². The second-order valence-corrected chi connectivity index (χ2v) is 3.63. The van der Waals surface area contributed by atoms with Crippen molar-refractivity contribution in [3.05, 3.63) is 41.7 Å². The van der Waals surface area contributed by atoms with Crippen LogP contribution in [0.25, 0.3) is 0 Å². The van der Waals surface area contributed by atoms with E-state index in [1.54, 1.807) is 7.11 Å². The minimum absolute atomic E-state index is 0.0146. The normalized spacial score (nSPS) is 12.1. The summed E-state index contributed by atoms with van der Waals surface area (Å²) in [6.07, 6.45) is 1.11. The molecule has 6 heteroatoms. The maximum absolute atomic E-state index is 11.5. The van der Waals surface area contributed by atoms with Crippen LogP contribution in [0.4, 0.5) is 0 Å². The van der Waals surface area contributed by atoms with Crippen molar-refractivity contribution >= 4 is 11.7 Å². The Hall–Kier alpha value is -2.50. The number of benzene rings is 1. The Morgan fingerprint density at radius 3 is 2.42 bits per heavy atom. The first-order chi connectivity index (χ1) is 9.12. The van der Waals surface area contributed by atoms with E-state index in [1.165, 1.54) is 7.11 Å². The average molecular weight is 263 g/mol. The molecule has 102 valence electrons. The number of nitrogens with zero attached hydrogens (tertiary/aromatic N) is 1. The van der Waals surface area contributed by atoms with E-state index in [0.29, 0.717) is 6.54 Å². The Morgan fingerprint density at radius 2 is 1.95 bits per heavy atom. The zero-order valence-electron chi connectivity index (χ0n) is 10.9. The Bertz CT molecular complexity index is 492. The van der Waals surface area contributed by atoms with Crippen molar-refractivity contribution < 1.29 is 14.3 Å². The summed E-state index contributed by atoms with van der Waals surface area (Å²) in [5.41, 5.74) is 11.9. The summed E-state index contributed by atoms with van der Waals surface area (Å²) in [4.78, 5) is 15.6. The summed E-state index contributed by atoms with van der Waals surface area (Å²) in [6, 6.07) is 7.31. The Kier molecular flexibility index (Phi) is 5.40. The summed E-state index contributed by atoms with van der Waals surface area (Å²) in [5, 5.41) is 0. The molecule has 0 saturated carbocycles. The summed E-state index contributed by atoms with van der Waals surface area (Å²) < 4.78 is 9.64. The quantitative estimate of drug-likeness (QED) is 0.597. The summed E-state index contributed by atoms with van der Waals surface area (Å²) >= 11 is 0. The van der Waals surface area contributed by atoms with Crippen molar-refractivity contribution in [3.63, 3.8) is 0 Å². The van der Waals surface area contributed by atoms with Gasteiger partial charge in [-0.25, -0.2) is 4.79 Å². The predicted octanol–water partition coefficient (Wildman–Crippen LogP) is 0.568. The number of esters is 1. The number of nitrogens with two attached hydrogens (primary N) is 2. The van der Waals surface area contributed by atoms with Crippen LogP contribution < -0.4 is 16.2 Å². The number of carbonyl (C=O) groups is 1. The zero-order valence-corrected chi connectivity index (χ0v) is 10.9. The number of methoxy groups -OCH3 is 2. The highest BCUT2D eigenvalue weighted by molar-refractivity contribution is 6.42. The lowest BCUT2D eigenvalue weighted by molar-refractivity contribution is -0.132. The molecule has 0 fully saturated rings. The minimum Gasteiger partial charge on any atom is -0.497 e. The standard InChI is InChI=1S/C13H17N3O3/c1-18-10-5-3-9(4-6-10)8-16-12(11(15)7-14)13(17)19-2/h3-7H,8,14-15H2,1-2H3. The van der Waals surface area contributed by atoms with E-state index in [-0.39, 0.29) is 11.4 Å². The molecule has 0 bridgehead atoms. The highest BCUT2D eigenvalue weighted by Gasteiger charge is 2.14. The number of carbonyl (C=O) groups excluding carboxylic acids is 1. The van der Waals surface area contributed by atoms with Gasteiger partial charge < -0.3 is 20.9 Å². The first kappa shape index (κ1) is 14.6. The van der Waals surface area contributed by atoms with E-state index in [0.717, 1.165) is 17.5 Å². The van der Waals surface area contributed by atoms with Gasteiger partial charge in [-0.2, -0.15) is 0 Å². The lowest BCUT2D eigenvalue weighted by Gasteiger charge is -2.05. The largest absolute Gasteiger partial charge is 0.497 e. The summed E-state index contributed by atoms with van der Waals surface area (Å²) in [6.45, 7) is 0.295. The van der Waals surface area contributed by atoms with Gasteiger partial charge in [-0.05, 0) is 17.7 Å². The van der Waals surface area contributed by atoms with Crippen LogP contribution in [0.15, 0.2) is 41.2 Å². The van der Waals surface area contributed by atoms with Crippen LogP contribution in [0.2, 0.25) is 0 Å². The fourth-order valence-electron chi connectivity index (χ4n) is 1.35. The third kappa shape index (κ3) is 4.02. The van der Waals surface area contributed by atoms with E-state index in [2.05, 4.69) is 9.73 Å². The van der Waals surface area contributed by atoms with Gasteiger partial charge >= 0.3 is 5.97 Å². The van der Waals surface area contributed by atoms with Crippen molar-refractivity contribution in [2.45, 2.75) is 6.54 Å². The molecule has 0 saturated heterocycles. The second-order valence-electron chi connectivity index (χ2n) is 3.63. The van der Waals surface area contributed by atoms with Gasteiger partial charge in [0, 0.05) is 6.20 Å². The highest BCUT2D eigenvalue weighted by atomic mass is 16.5. The van der Waals surface area contributed by atoms with Crippen LogP contribution in [-0.4, -0.2) is 25.9 Å². The van der Waals surface area contributed by atoms with E-state index in [4.69, 9.17) is 16.2 Å². The maximum Gasteiger partial charge on any atom is 0.358 e. The van der Waals surface area contributed by atoms with Crippen LogP contribution in [0.3, 0.4) is 0 Å². The topological polar surface area (TPSA) is 99.9 Å². The van der Waals surface area contributed by atoms with Crippen molar-refractivity contribution in [2.24, 2.45) is 16.5 Å². The lowest BCUT2D eigenvalue weighted by Crippen LogP contribution is -2.24. The van der Waals surface area contributed by atoms with E-state index in [1.807, 2.05) is 24.3 Å². The molecule has 0 atom stereocenters. The molecule has 0 amide bonds. The van der Waals surface area contributed by atoms with E-state index < -0.39 is 5.97 Å². The molecule has 0 radical (unpaired) electrons. The smallest absolute Gasteiger partial charge is 0.358 e. The van der Waals surface area contributed by atoms with Crippen molar-refractivity contribution in [1.29, 1.82) is 0 Å². The molecule has 0 aliphatic rings. The molecule has 1 rings (SSSR count). The molecule has 1 aromatic carbocycles. The van der Waals surface area contributed by atoms with Crippen molar-refractivity contribution in [1.82, 2.24) is 0 Å². The van der Waals surface area contributed by atoms with Gasteiger partial charge in [0.2, 0.25) is 0 Å². The molecule has 4 N–H and O–H groups in total. The number of ether oxygens (including phenoxy) is 2. The molecule has 0 aliphatic carbocycles. The maximum atomic E-state index is 11.5. The Labute approximate surface area is 111 Å². The summed E-state index contributed by atoms with van der Waals surface area (Å²) in [7, 11) is 2.85. The van der Waals surface area contributed by atoms with Crippen LogP contribution >= 0.6 is 0 Å². The molecular formula is C13H17N3O3. The SMILES string of the molecule is COC(=O)C(=NCc1ccc(OC)cc1)C(N)=CN. The molecule has 1 aromatic rings. The molecule has 0 heterocycles. The number of rotatable bonds is 5. The third-order valence-corrected chi connectivity index (χ3v) is 2.41. The highest BCUT2D eigenvalue weighted by Crippen LogP contribution is 2.12. The van der Waals surface area contributed by atoms with Gasteiger partial charge in [-0.1, -0.05) is 12.1 Å². The number of hydrogen-bond donors (Lipinski definition) is 2. The monoisotopic (exact) mass is 263 g/mol. The third-order valence-electron chi connectivity index (χ3n) is 2.41. The van der Waals surface area contributed by atoms with Gasteiger partial charge in [0.1, 0.15) is 5.75 Å². The molecule has 0 aliphatic heterocycles. The number of aliphatic imine (C=N–C) groups is 1. The molecule has 0 unspecified atom stereocenters. The lowest BCUT2D eigenvalue weighted by atomic mass is 10.2. The molecule has 6 nitrogen and oxygen atoms in total. The summed E-state index contributed by atoms with van der Waals surface area (Å²) in [5.74, 6) is 0.134. The van der Waals surface area contributed by atoms with E-state index in [9.17, 15) is 4.79 Å². The van der Waals surface area contributed by atoms with Crippen LogP contribution in [0.1, 0.15) is 5.56 Å². The average Bonchev–Trinajstić information content (AvgIpc) is 2.47. The molecular weight excluding hydrogens is 246 g/mol. The first-order valence-corrected chi connectivity index (χ1v) is 5.55. The fraction of sp³-hybridized carbons (Fsp3) is 0.231. The molecule has 19 heavy (non-hydrogen) atoms. The van der Waals surface area contributed by atoms with Crippen LogP contribution in [-0.2, 0) is 16.1 Å². The Morgan fingerprint density at radius 1 is 1.32 bits per heavy atom. The predicted molar refractivity (Wildman–Crippen MR) is 72.6 cm³/mol. The van der Waals surface area contributed by atoms with Gasteiger partial charge in [0.15, 0.2) is 5.71 Å². The minimum atomic E-state index is -0.618. The fourth-order valence-corrected chi connectivity index (χ4v) is 1.35. The van der Waals surface area contributed by atoms with Gasteiger partial charge in [-0.15, -0.1) is 0 Å². The van der Waals surface area contributed by atoms with Gasteiger partial charge in [0.25, 0.3) is 0 Å². The molecule has 0 aromatic heterocycles. The zero-order chi connectivity index (χ0) is 14.3.